The van der Waals surface area contributed by atoms with Gasteiger partial charge in [-0.1, -0.05) is 30.2 Å². The molecule has 1 spiro atoms. The lowest BCUT2D eigenvalue weighted by molar-refractivity contribution is -0.00555. The first-order valence-corrected chi connectivity index (χ1v) is 9.24. The average Bonchev–Trinajstić information content (AvgIpc) is 3.24. The number of rotatable bonds is 2. The molecule has 2 heterocycles. The largest absolute Gasteiger partial charge is 0.392 e. The zero-order valence-electron chi connectivity index (χ0n) is 14.0. The van der Waals surface area contributed by atoms with Crippen LogP contribution in [0.5, 0.6) is 0 Å². The number of nitrogens with zero attached hydrogens (tertiary/aromatic N) is 2. The Morgan fingerprint density at radius 2 is 2.04 bits per heavy atom. The van der Waals surface area contributed by atoms with E-state index in [-0.39, 0.29) is 17.4 Å². The van der Waals surface area contributed by atoms with Gasteiger partial charge in [0.25, 0.3) is 5.91 Å². The van der Waals surface area contributed by atoms with Gasteiger partial charge in [-0.25, -0.2) is 0 Å². The van der Waals surface area contributed by atoms with Crippen molar-refractivity contribution in [3.8, 4) is 11.3 Å². The number of likely N-dealkylation sites (tertiary alicyclic amines) is 1. The van der Waals surface area contributed by atoms with Crippen LogP contribution in [0, 0.1) is 5.41 Å². The number of benzene rings is 1. The normalized spacial score (nSPS) is 26.3. The maximum atomic E-state index is 12.9. The molecule has 1 aliphatic carbocycles. The zero-order chi connectivity index (χ0) is 17.4. The Morgan fingerprint density at radius 1 is 1.28 bits per heavy atom. The highest BCUT2D eigenvalue weighted by Gasteiger charge is 2.45. The number of amides is 1. The van der Waals surface area contributed by atoms with Crippen LogP contribution in [0.25, 0.3) is 11.3 Å². The zero-order valence-corrected chi connectivity index (χ0v) is 14.8. The van der Waals surface area contributed by atoms with Crippen molar-refractivity contribution in [2.45, 2.75) is 38.2 Å². The molecule has 2 N–H and O–H groups in total. The van der Waals surface area contributed by atoms with E-state index in [1.54, 1.807) is 6.07 Å². The molecule has 5 nitrogen and oxygen atoms in total. The summed E-state index contributed by atoms with van der Waals surface area (Å²) in [6.07, 6.45) is 4.59. The Hall–Kier alpha value is -1.85. The minimum atomic E-state index is -0.283. The molecule has 2 aliphatic rings. The molecule has 2 atom stereocenters. The van der Waals surface area contributed by atoms with Gasteiger partial charge in [0.05, 0.1) is 11.8 Å². The van der Waals surface area contributed by atoms with Gasteiger partial charge in [-0.15, -0.1) is 0 Å². The van der Waals surface area contributed by atoms with Crippen LogP contribution in [-0.2, 0) is 0 Å². The van der Waals surface area contributed by atoms with E-state index in [0.717, 1.165) is 49.9 Å². The maximum Gasteiger partial charge on any atom is 0.271 e. The monoisotopic (exact) mass is 359 g/mol. The van der Waals surface area contributed by atoms with E-state index < -0.39 is 0 Å². The van der Waals surface area contributed by atoms with Crippen molar-refractivity contribution in [3.05, 3.63) is 41.0 Å². The van der Waals surface area contributed by atoms with Crippen LogP contribution in [0.1, 0.15) is 42.6 Å². The van der Waals surface area contributed by atoms with Crippen LogP contribution < -0.4 is 0 Å². The van der Waals surface area contributed by atoms with E-state index in [9.17, 15) is 9.90 Å². The predicted octanol–water partition coefficient (Wildman–Crippen LogP) is 3.50. The fourth-order valence-electron chi connectivity index (χ4n) is 4.30. The summed E-state index contributed by atoms with van der Waals surface area (Å²) in [6.45, 7) is 1.38. The number of halogens is 1. The topological polar surface area (TPSA) is 69.2 Å². The Morgan fingerprint density at radius 3 is 2.76 bits per heavy atom. The van der Waals surface area contributed by atoms with Gasteiger partial charge in [0, 0.05) is 29.1 Å². The number of nitrogens with one attached hydrogen (secondary N) is 1. The minimum absolute atomic E-state index is 0.0362. The smallest absolute Gasteiger partial charge is 0.271 e. The molecule has 4 rings (SSSR count). The van der Waals surface area contributed by atoms with Gasteiger partial charge in [0.1, 0.15) is 5.69 Å². The summed E-state index contributed by atoms with van der Waals surface area (Å²) in [5.74, 6) is -0.0362. The molecule has 132 valence electrons. The van der Waals surface area contributed by atoms with Crippen molar-refractivity contribution in [1.29, 1.82) is 0 Å². The van der Waals surface area contributed by atoms with E-state index in [0.29, 0.717) is 17.3 Å². The lowest BCUT2D eigenvalue weighted by Gasteiger charge is -2.42. The Labute approximate surface area is 152 Å². The number of hydrogen-bond donors (Lipinski definition) is 2. The molecular formula is C19H22ClN3O2. The highest BCUT2D eigenvalue weighted by Crippen LogP contribution is 2.45. The molecule has 1 aliphatic heterocycles. The first kappa shape index (κ1) is 16.6. The summed E-state index contributed by atoms with van der Waals surface area (Å²) < 4.78 is 0. The van der Waals surface area contributed by atoms with Gasteiger partial charge < -0.3 is 10.0 Å². The standard InChI is InChI=1S/C19H22ClN3O2/c20-14-6-4-13(5-7-14)15-11-16(22-21-15)18(25)23-10-2-9-19(12-23)8-1-3-17(19)24/h4-7,11,17,24H,1-3,8-10,12H2,(H,21,22)/t17-,19+/m1/s1. The number of aromatic nitrogens is 2. The van der Waals surface area contributed by atoms with Crippen LogP contribution in [0.15, 0.2) is 30.3 Å². The van der Waals surface area contributed by atoms with Crippen LogP contribution in [0.3, 0.4) is 0 Å². The third-order valence-corrected chi connectivity index (χ3v) is 5.96. The Balaban J connectivity index is 1.52. The number of piperidine rings is 1. The van der Waals surface area contributed by atoms with E-state index in [1.807, 2.05) is 29.2 Å². The van der Waals surface area contributed by atoms with Gasteiger partial charge >= 0.3 is 0 Å². The Bertz CT molecular complexity index is 773. The Kier molecular flexibility index (Phi) is 4.29. The highest BCUT2D eigenvalue weighted by molar-refractivity contribution is 6.30. The van der Waals surface area contributed by atoms with E-state index in [1.165, 1.54) is 0 Å². The molecule has 1 saturated carbocycles. The van der Waals surface area contributed by atoms with Crippen molar-refractivity contribution in [2.75, 3.05) is 13.1 Å². The third kappa shape index (κ3) is 3.07. The molecule has 25 heavy (non-hydrogen) atoms. The first-order valence-electron chi connectivity index (χ1n) is 8.86. The highest BCUT2D eigenvalue weighted by atomic mass is 35.5. The summed E-state index contributed by atoms with van der Waals surface area (Å²) in [6, 6.07) is 9.18. The van der Waals surface area contributed by atoms with E-state index in [4.69, 9.17) is 11.6 Å². The van der Waals surface area contributed by atoms with Crippen LogP contribution in [0.4, 0.5) is 0 Å². The van der Waals surface area contributed by atoms with Gasteiger partial charge in [-0.05, 0) is 43.9 Å². The second-order valence-electron chi connectivity index (χ2n) is 7.27. The summed E-state index contributed by atoms with van der Waals surface area (Å²) >= 11 is 5.92. The van der Waals surface area contributed by atoms with Gasteiger partial charge in [-0.2, -0.15) is 5.10 Å². The third-order valence-electron chi connectivity index (χ3n) is 5.70. The average molecular weight is 360 g/mol. The number of H-pyrrole nitrogens is 1. The molecule has 2 aromatic rings. The molecular weight excluding hydrogens is 338 g/mol. The fourth-order valence-corrected chi connectivity index (χ4v) is 4.43. The van der Waals surface area contributed by atoms with Crippen molar-refractivity contribution in [3.63, 3.8) is 0 Å². The molecule has 1 amide bonds. The number of carbonyl (C=O) groups excluding carboxylic acids is 1. The number of hydrogen-bond acceptors (Lipinski definition) is 3. The molecule has 1 saturated heterocycles. The molecule has 0 unspecified atom stereocenters. The fraction of sp³-hybridized carbons (Fsp3) is 0.474. The molecule has 1 aromatic heterocycles. The number of carbonyl (C=O) groups is 1. The van der Waals surface area contributed by atoms with Crippen LogP contribution >= 0.6 is 11.6 Å². The molecule has 2 fully saturated rings. The summed E-state index contributed by atoms with van der Waals surface area (Å²) in [5, 5.41) is 18.2. The summed E-state index contributed by atoms with van der Waals surface area (Å²) in [7, 11) is 0. The number of aliphatic hydroxyl groups is 1. The quantitative estimate of drug-likeness (QED) is 0.862. The van der Waals surface area contributed by atoms with Gasteiger partial charge in [0.2, 0.25) is 0 Å². The van der Waals surface area contributed by atoms with Crippen molar-refractivity contribution >= 4 is 17.5 Å². The van der Waals surface area contributed by atoms with Crippen molar-refractivity contribution in [2.24, 2.45) is 5.41 Å². The number of aromatic amines is 1. The molecule has 0 radical (unpaired) electrons. The second kappa shape index (κ2) is 6.46. The summed E-state index contributed by atoms with van der Waals surface area (Å²) in [5.41, 5.74) is 2.04. The molecule has 6 heteroatoms. The van der Waals surface area contributed by atoms with Crippen LogP contribution in [-0.4, -0.2) is 45.3 Å². The SMILES string of the molecule is O=C(c1cc(-c2ccc(Cl)cc2)n[nH]1)N1CCC[C@@]2(CCC[C@H]2O)C1. The lowest BCUT2D eigenvalue weighted by Crippen LogP contribution is -2.49. The first-order chi connectivity index (χ1) is 12.1. The van der Waals surface area contributed by atoms with Gasteiger partial charge in [0.15, 0.2) is 0 Å². The van der Waals surface area contributed by atoms with E-state index in [2.05, 4.69) is 10.2 Å². The minimum Gasteiger partial charge on any atom is -0.392 e. The van der Waals surface area contributed by atoms with Crippen molar-refractivity contribution in [1.82, 2.24) is 15.1 Å². The predicted molar refractivity (Wildman–Crippen MR) is 96.5 cm³/mol. The van der Waals surface area contributed by atoms with Gasteiger partial charge in [-0.3, -0.25) is 9.89 Å². The lowest BCUT2D eigenvalue weighted by atomic mass is 9.76. The molecule has 1 aromatic carbocycles. The van der Waals surface area contributed by atoms with Crippen LogP contribution in [0.2, 0.25) is 5.02 Å². The molecule has 0 bridgehead atoms. The van der Waals surface area contributed by atoms with Crippen molar-refractivity contribution < 1.29 is 9.90 Å². The second-order valence-corrected chi connectivity index (χ2v) is 7.71. The van der Waals surface area contributed by atoms with E-state index >= 15 is 0 Å². The maximum absolute atomic E-state index is 12.9. The summed E-state index contributed by atoms with van der Waals surface area (Å²) in [4.78, 5) is 14.8. The number of aliphatic hydroxyl groups excluding tert-OH is 1.